The molecule has 0 amide bonds. The van der Waals surface area contributed by atoms with Gasteiger partial charge in [-0.05, 0) is 12.3 Å². The molecule has 0 bridgehead atoms. The van der Waals surface area contributed by atoms with Crippen LogP contribution in [0.5, 0.6) is 0 Å². The van der Waals surface area contributed by atoms with Gasteiger partial charge in [-0.15, -0.1) is 0 Å². The summed E-state index contributed by atoms with van der Waals surface area (Å²) in [6, 6.07) is 0. The van der Waals surface area contributed by atoms with Crippen molar-refractivity contribution in [2.75, 3.05) is 6.61 Å². The lowest BCUT2D eigenvalue weighted by molar-refractivity contribution is 0.0921. The molecule has 2 nitrogen and oxygen atoms in total. The zero-order chi connectivity index (χ0) is 6.69. The van der Waals surface area contributed by atoms with Crippen LogP contribution in [-0.2, 0) is 4.74 Å². The Labute approximate surface area is 55.9 Å². The number of hydrogen-bond donors (Lipinski definition) is 0. The summed E-state index contributed by atoms with van der Waals surface area (Å²) in [5.41, 5.74) is 0. The Hall–Kier alpha value is -0.370. The summed E-state index contributed by atoms with van der Waals surface area (Å²) >= 11 is 0. The van der Waals surface area contributed by atoms with Crippen LogP contribution in [0.15, 0.2) is 4.99 Å². The highest BCUT2D eigenvalue weighted by Crippen LogP contribution is 2.11. The number of ether oxygens (including phenoxy) is 1. The molecule has 0 fully saturated rings. The van der Waals surface area contributed by atoms with Crippen molar-refractivity contribution in [2.45, 2.75) is 26.5 Å². The van der Waals surface area contributed by atoms with Crippen LogP contribution in [0.2, 0.25) is 0 Å². The van der Waals surface area contributed by atoms with E-state index in [1.807, 2.05) is 6.21 Å². The zero-order valence-corrected chi connectivity index (χ0v) is 6.00. The number of aliphatic imine (C=N–C) groups is 1. The van der Waals surface area contributed by atoms with Crippen molar-refractivity contribution in [1.29, 1.82) is 0 Å². The molecule has 0 aliphatic carbocycles. The molecule has 0 unspecified atom stereocenters. The highest BCUT2D eigenvalue weighted by Gasteiger charge is 2.11. The Morgan fingerprint density at radius 2 is 2.56 bits per heavy atom. The first-order valence-electron chi connectivity index (χ1n) is 3.42. The van der Waals surface area contributed by atoms with E-state index in [1.165, 1.54) is 0 Å². The maximum atomic E-state index is 5.24. The summed E-state index contributed by atoms with van der Waals surface area (Å²) in [5, 5.41) is 0. The van der Waals surface area contributed by atoms with Crippen LogP contribution < -0.4 is 0 Å². The van der Waals surface area contributed by atoms with E-state index in [0.29, 0.717) is 12.5 Å². The first-order valence-corrected chi connectivity index (χ1v) is 3.42. The summed E-state index contributed by atoms with van der Waals surface area (Å²) in [7, 11) is 0. The summed E-state index contributed by atoms with van der Waals surface area (Å²) in [6.07, 6.45) is 3.05. The smallest absolute Gasteiger partial charge is 0.148 e. The minimum absolute atomic E-state index is 0.157. The third kappa shape index (κ3) is 2.14. The van der Waals surface area contributed by atoms with Crippen molar-refractivity contribution < 1.29 is 4.74 Å². The first kappa shape index (κ1) is 6.75. The Morgan fingerprint density at radius 1 is 1.78 bits per heavy atom. The van der Waals surface area contributed by atoms with Crippen LogP contribution in [0, 0.1) is 5.92 Å². The molecule has 2 heteroatoms. The van der Waals surface area contributed by atoms with Gasteiger partial charge in [-0.2, -0.15) is 0 Å². The quantitative estimate of drug-likeness (QED) is 0.550. The van der Waals surface area contributed by atoms with Gasteiger partial charge in [0.2, 0.25) is 0 Å². The van der Waals surface area contributed by atoms with Gasteiger partial charge < -0.3 is 4.74 Å². The Balaban J connectivity index is 2.20. The van der Waals surface area contributed by atoms with Gasteiger partial charge in [0.05, 0.1) is 6.61 Å². The van der Waals surface area contributed by atoms with Gasteiger partial charge in [-0.25, -0.2) is 0 Å². The normalized spacial score (nSPS) is 25.9. The Kier molecular flexibility index (Phi) is 2.22. The predicted octanol–water partition coefficient (Wildman–Crippen LogP) is 1.46. The van der Waals surface area contributed by atoms with E-state index in [4.69, 9.17) is 4.74 Å². The van der Waals surface area contributed by atoms with Gasteiger partial charge in [0, 0.05) is 6.21 Å². The molecule has 0 N–H and O–H groups in total. The molecule has 0 aromatic carbocycles. The first-order chi connectivity index (χ1) is 4.29. The average molecular weight is 127 g/mol. The molecule has 1 rings (SSSR count). The lowest BCUT2D eigenvalue weighted by Crippen LogP contribution is -2.07. The molecule has 1 aliphatic rings. The third-order valence-corrected chi connectivity index (χ3v) is 1.31. The van der Waals surface area contributed by atoms with Crippen molar-refractivity contribution in [2.24, 2.45) is 10.9 Å². The Bertz CT molecular complexity index is 109. The van der Waals surface area contributed by atoms with Crippen molar-refractivity contribution in [1.82, 2.24) is 0 Å². The molecule has 0 aromatic rings. The molecule has 0 saturated heterocycles. The van der Waals surface area contributed by atoms with Crippen LogP contribution in [0.4, 0.5) is 0 Å². The van der Waals surface area contributed by atoms with E-state index < -0.39 is 0 Å². The van der Waals surface area contributed by atoms with E-state index >= 15 is 0 Å². The van der Waals surface area contributed by atoms with E-state index in [1.54, 1.807) is 0 Å². The van der Waals surface area contributed by atoms with Crippen molar-refractivity contribution in [3.05, 3.63) is 0 Å². The van der Waals surface area contributed by atoms with E-state index in [9.17, 15) is 0 Å². The van der Waals surface area contributed by atoms with Crippen molar-refractivity contribution >= 4 is 6.21 Å². The second kappa shape index (κ2) is 2.97. The fourth-order valence-electron chi connectivity index (χ4n) is 0.890. The molecule has 1 heterocycles. The average Bonchev–Trinajstić information content (AvgIpc) is 2.15. The SMILES string of the molecule is CC(C)C[C@@H]1N=CCO1. The molecule has 0 aromatic heterocycles. The van der Waals surface area contributed by atoms with Gasteiger partial charge >= 0.3 is 0 Å². The van der Waals surface area contributed by atoms with Gasteiger partial charge in [0.15, 0.2) is 0 Å². The van der Waals surface area contributed by atoms with Crippen LogP contribution >= 0.6 is 0 Å². The minimum atomic E-state index is 0.157. The highest BCUT2D eigenvalue weighted by molar-refractivity contribution is 5.60. The van der Waals surface area contributed by atoms with Gasteiger partial charge in [0.1, 0.15) is 6.23 Å². The summed E-state index contributed by atoms with van der Waals surface area (Å²) in [5.74, 6) is 0.685. The zero-order valence-electron chi connectivity index (χ0n) is 6.00. The summed E-state index contributed by atoms with van der Waals surface area (Å²) in [4.78, 5) is 4.13. The summed E-state index contributed by atoms with van der Waals surface area (Å²) < 4.78 is 5.24. The Morgan fingerprint density at radius 3 is 3.00 bits per heavy atom. The largest absolute Gasteiger partial charge is 0.351 e. The van der Waals surface area contributed by atoms with Crippen molar-refractivity contribution in [3.63, 3.8) is 0 Å². The molecule has 0 saturated carbocycles. The number of nitrogens with zero attached hydrogens (tertiary/aromatic N) is 1. The lowest BCUT2D eigenvalue weighted by atomic mass is 10.1. The molecule has 52 valence electrons. The van der Waals surface area contributed by atoms with E-state index in [2.05, 4.69) is 18.8 Å². The monoisotopic (exact) mass is 127 g/mol. The van der Waals surface area contributed by atoms with Gasteiger partial charge in [0.25, 0.3) is 0 Å². The van der Waals surface area contributed by atoms with Gasteiger partial charge in [-0.3, -0.25) is 4.99 Å². The molecule has 9 heavy (non-hydrogen) atoms. The second-order valence-electron chi connectivity index (χ2n) is 2.75. The van der Waals surface area contributed by atoms with Crippen LogP contribution in [-0.4, -0.2) is 19.0 Å². The molecule has 1 atom stereocenters. The minimum Gasteiger partial charge on any atom is -0.351 e. The highest BCUT2D eigenvalue weighted by atomic mass is 16.5. The molecule has 1 aliphatic heterocycles. The molecular formula is C7H13NO. The standard InChI is InChI=1S/C7H13NO/c1-6(2)5-7-8-3-4-9-7/h3,6-7H,4-5H2,1-2H3/t7-/m1/s1. The number of hydrogen-bond acceptors (Lipinski definition) is 2. The molecular weight excluding hydrogens is 114 g/mol. The predicted molar refractivity (Wildman–Crippen MR) is 37.7 cm³/mol. The lowest BCUT2D eigenvalue weighted by Gasteiger charge is -2.08. The maximum Gasteiger partial charge on any atom is 0.148 e. The summed E-state index contributed by atoms with van der Waals surface area (Å²) in [6.45, 7) is 5.06. The third-order valence-electron chi connectivity index (χ3n) is 1.31. The molecule has 0 radical (unpaired) electrons. The van der Waals surface area contributed by atoms with E-state index in [0.717, 1.165) is 6.42 Å². The van der Waals surface area contributed by atoms with Gasteiger partial charge in [-0.1, -0.05) is 13.8 Å². The van der Waals surface area contributed by atoms with Crippen LogP contribution in [0.3, 0.4) is 0 Å². The van der Waals surface area contributed by atoms with Crippen molar-refractivity contribution in [3.8, 4) is 0 Å². The molecule has 0 spiro atoms. The maximum absolute atomic E-state index is 5.24. The fourth-order valence-corrected chi connectivity index (χ4v) is 0.890. The van der Waals surface area contributed by atoms with E-state index in [-0.39, 0.29) is 6.23 Å². The topological polar surface area (TPSA) is 21.6 Å². The number of rotatable bonds is 2. The van der Waals surface area contributed by atoms with Crippen LogP contribution in [0.1, 0.15) is 20.3 Å². The fraction of sp³-hybridized carbons (Fsp3) is 0.857. The van der Waals surface area contributed by atoms with Crippen LogP contribution in [0.25, 0.3) is 0 Å². The second-order valence-corrected chi connectivity index (χ2v) is 2.75.